The first kappa shape index (κ1) is 26.8. The molecule has 38 heavy (non-hydrogen) atoms. The molecule has 0 amide bonds. The topological polar surface area (TPSA) is 77.2 Å². The maximum atomic E-state index is 13.2. The van der Waals surface area contributed by atoms with Crippen molar-refractivity contribution in [3.63, 3.8) is 0 Å². The van der Waals surface area contributed by atoms with Gasteiger partial charge in [-0.15, -0.1) is 0 Å². The Morgan fingerprint density at radius 3 is 2.00 bits per heavy atom. The Kier molecular flexibility index (Phi) is 7.56. The normalized spacial score (nSPS) is 21.6. The molecule has 0 radical (unpaired) electrons. The highest BCUT2D eigenvalue weighted by Crippen LogP contribution is 2.43. The zero-order chi connectivity index (χ0) is 26.9. The summed E-state index contributed by atoms with van der Waals surface area (Å²) in [5.41, 5.74) is 10.2. The van der Waals surface area contributed by atoms with E-state index in [1.54, 1.807) is 24.3 Å². The van der Waals surface area contributed by atoms with Crippen molar-refractivity contribution in [2.75, 3.05) is 5.75 Å². The van der Waals surface area contributed by atoms with Crippen LogP contribution in [0.25, 0.3) is 11.1 Å². The summed E-state index contributed by atoms with van der Waals surface area (Å²) in [7, 11) is -3.41. The lowest BCUT2D eigenvalue weighted by molar-refractivity contribution is -0.124. The molecule has 200 valence electrons. The van der Waals surface area contributed by atoms with Gasteiger partial charge in [-0.1, -0.05) is 55.5 Å². The second-order valence-electron chi connectivity index (χ2n) is 11.4. The third-order valence-corrected chi connectivity index (χ3v) is 10.4. The number of halogens is 1. The van der Waals surface area contributed by atoms with Gasteiger partial charge in [0.25, 0.3) is 0 Å². The Morgan fingerprint density at radius 2 is 1.45 bits per heavy atom. The largest absolute Gasteiger partial charge is 0.321 e. The minimum Gasteiger partial charge on any atom is -0.321 e. The minimum absolute atomic E-state index is 0.0170. The van der Waals surface area contributed by atoms with Crippen molar-refractivity contribution in [1.82, 2.24) is 0 Å². The van der Waals surface area contributed by atoms with Crippen LogP contribution in [-0.2, 0) is 20.2 Å². The van der Waals surface area contributed by atoms with Crippen LogP contribution in [0.1, 0.15) is 68.9 Å². The molecule has 6 heteroatoms. The molecule has 2 aliphatic rings. The van der Waals surface area contributed by atoms with E-state index in [1.807, 2.05) is 31.2 Å². The highest BCUT2D eigenvalue weighted by atomic mass is 32.2. The second-order valence-corrected chi connectivity index (χ2v) is 13.4. The standard InChI is InChI=1S/C32H36FNO3S/c1-22(24-8-14-29(33)15-9-24)20-31(35)27-4-2-23(3-5-27)21-38(36,37)30-16-10-26(11-17-30)25-6-12-28(13-7-25)32(34)18-19-32/h6-17,22-23,27H,2-5,18-21,34H2,1H3/t22-,23?,27?/m0/s1. The number of nitrogens with two attached hydrogens (primary N) is 1. The summed E-state index contributed by atoms with van der Waals surface area (Å²) in [4.78, 5) is 13.2. The van der Waals surface area contributed by atoms with E-state index in [9.17, 15) is 17.6 Å². The first-order valence-corrected chi connectivity index (χ1v) is 15.3. The quantitative estimate of drug-likeness (QED) is 0.329. The van der Waals surface area contributed by atoms with E-state index in [-0.39, 0.29) is 40.6 Å². The van der Waals surface area contributed by atoms with Gasteiger partial charge in [0, 0.05) is 17.9 Å². The molecule has 0 bridgehead atoms. The van der Waals surface area contributed by atoms with Gasteiger partial charge in [-0.3, -0.25) is 4.79 Å². The number of rotatable bonds is 9. The van der Waals surface area contributed by atoms with Crippen LogP contribution in [0.15, 0.2) is 77.7 Å². The maximum absolute atomic E-state index is 13.2. The molecule has 0 spiro atoms. The van der Waals surface area contributed by atoms with Crippen LogP contribution >= 0.6 is 0 Å². The summed E-state index contributed by atoms with van der Waals surface area (Å²) in [6.07, 6.45) is 5.42. The second kappa shape index (κ2) is 10.7. The average Bonchev–Trinajstić information content (AvgIpc) is 3.68. The molecule has 0 heterocycles. The zero-order valence-corrected chi connectivity index (χ0v) is 22.7. The van der Waals surface area contributed by atoms with Crippen molar-refractivity contribution in [3.8, 4) is 11.1 Å². The summed E-state index contributed by atoms with van der Waals surface area (Å²) >= 11 is 0. The Labute approximate surface area is 225 Å². The van der Waals surface area contributed by atoms with Crippen LogP contribution in [0.3, 0.4) is 0 Å². The number of carbonyl (C=O) groups excluding carboxylic acids is 1. The van der Waals surface area contributed by atoms with E-state index < -0.39 is 9.84 Å². The Balaban J connectivity index is 1.13. The van der Waals surface area contributed by atoms with Crippen molar-refractivity contribution in [2.24, 2.45) is 17.6 Å². The fraction of sp³-hybridized carbons (Fsp3) is 0.406. The van der Waals surface area contributed by atoms with E-state index in [0.29, 0.717) is 11.3 Å². The molecule has 0 aliphatic heterocycles. The van der Waals surface area contributed by atoms with Gasteiger partial charge in [-0.2, -0.15) is 0 Å². The highest BCUT2D eigenvalue weighted by molar-refractivity contribution is 7.91. The molecule has 3 aromatic rings. The third-order valence-electron chi connectivity index (χ3n) is 8.50. The van der Waals surface area contributed by atoms with E-state index >= 15 is 0 Å². The molecule has 2 saturated carbocycles. The Morgan fingerprint density at radius 1 is 0.895 bits per heavy atom. The van der Waals surface area contributed by atoms with Gasteiger partial charge in [0.05, 0.1) is 10.6 Å². The van der Waals surface area contributed by atoms with Gasteiger partial charge in [0.1, 0.15) is 11.6 Å². The van der Waals surface area contributed by atoms with Crippen LogP contribution < -0.4 is 5.73 Å². The molecule has 2 fully saturated rings. The average molecular weight is 534 g/mol. The van der Waals surface area contributed by atoms with Crippen molar-refractivity contribution in [3.05, 3.63) is 89.7 Å². The number of Topliss-reactive ketones (excluding diaryl/α,β-unsaturated/α-hetero) is 1. The number of carbonyl (C=O) groups is 1. The summed E-state index contributed by atoms with van der Waals surface area (Å²) < 4.78 is 39.5. The van der Waals surface area contributed by atoms with Crippen LogP contribution in [0, 0.1) is 17.7 Å². The summed E-state index contributed by atoms with van der Waals surface area (Å²) in [6, 6.07) is 21.7. The fourth-order valence-corrected chi connectivity index (χ4v) is 7.41. The molecule has 0 aromatic heterocycles. The van der Waals surface area contributed by atoms with Crippen LogP contribution in [0.4, 0.5) is 4.39 Å². The fourth-order valence-electron chi connectivity index (χ4n) is 5.71. The van der Waals surface area contributed by atoms with Gasteiger partial charge < -0.3 is 5.73 Å². The highest BCUT2D eigenvalue weighted by Gasteiger charge is 2.39. The monoisotopic (exact) mass is 533 g/mol. The van der Waals surface area contributed by atoms with E-state index in [0.717, 1.165) is 60.8 Å². The number of benzene rings is 3. The molecule has 2 N–H and O–H groups in total. The summed E-state index contributed by atoms with van der Waals surface area (Å²) in [5, 5.41) is 0. The molecule has 0 saturated heterocycles. The van der Waals surface area contributed by atoms with E-state index in [1.165, 1.54) is 12.1 Å². The van der Waals surface area contributed by atoms with Crippen molar-refractivity contribution in [2.45, 2.75) is 68.2 Å². The number of sulfone groups is 1. The lowest BCUT2D eigenvalue weighted by atomic mass is 9.78. The Hall–Kier alpha value is -2.83. The van der Waals surface area contributed by atoms with Gasteiger partial charge in [0.15, 0.2) is 9.84 Å². The van der Waals surface area contributed by atoms with Crippen LogP contribution in [0.2, 0.25) is 0 Å². The predicted octanol–water partition coefficient (Wildman–Crippen LogP) is 6.78. The van der Waals surface area contributed by atoms with Crippen molar-refractivity contribution >= 4 is 15.6 Å². The van der Waals surface area contributed by atoms with Gasteiger partial charge >= 0.3 is 0 Å². The molecule has 1 atom stereocenters. The first-order chi connectivity index (χ1) is 18.1. The van der Waals surface area contributed by atoms with Crippen molar-refractivity contribution in [1.29, 1.82) is 0 Å². The lowest BCUT2D eigenvalue weighted by Crippen LogP contribution is -2.26. The maximum Gasteiger partial charge on any atom is 0.178 e. The Bertz CT molecular complexity index is 1370. The van der Waals surface area contributed by atoms with Gasteiger partial charge in [-0.05, 0) is 96.9 Å². The molecule has 0 unspecified atom stereocenters. The van der Waals surface area contributed by atoms with Gasteiger partial charge in [0.2, 0.25) is 0 Å². The number of ketones is 1. The molecule has 4 nitrogen and oxygen atoms in total. The predicted molar refractivity (Wildman–Crippen MR) is 149 cm³/mol. The lowest BCUT2D eigenvalue weighted by Gasteiger charge is -2.28. The number of hydrogen-bond acceptors (Lipinski definition) is 4. The molecule has 2 aliphatic carbocycles. The SMILES string of the molecule is C[C@@H](CC(=O)C1CCC(CS(=O)(=O)c2ccc(-c3ccc(C4(N)CC4)cc3)cc2)CC1)c1ccc(F)cc1. The first-order valence-electron chi connectivity index (χ1n) is 13.6. The molecular weight excluding hydrogens is 497 g/mol. The summed E-state index contributed by atoms with van der Waals surface area (Å²) in [6.45, 7) is 1.99. The van der Waals surface area contributed by atoms with E-state index in [4.69, 9.17) is 5.73 Å². The molecule has 3 aromatic carbocycles. The molecular formula is C32H36FNO3S. The van der Waals surface area contributed by atoms with Crippen LogP contribution in [0.5, 0.6) is 0 Å². The summed E-state index contributed by atoms with van der Waals surface area (Å²) in [5.74, 6) is 0.156. The number of hydrogen-bond donors (Lipinski definition) is 1. The minimum atomic E-state index is -3.41. The van der Waals surface area contributed by atoms with E-state index in [2.05, 4.69) is 12.1 Å². The van der Waals surface area contributed by atoms with Crippen LogP contribution in [-0.4, -0.2) is 20.0 Å². The smallest absolute Gasteiger partial charge is 0.178 e. The van der Waals surface area contributed by atoms with Crippen molar-refractivity contribution < 1.29 is 17.6 Å². The molecule has 5 rings (SSSR count). The zero-order valence-electron chi connectivity index (χ0n) is 21.9. The van der Waals surface area contributed by atoms with Gasteiger partial charge in [-0.25, -0.2) is 12.8 Å². The third kappa shape index (κ3) is 6.08.